The highest BCUT2D eigenvalue weighted by atomic mass is 19.1. The van der Waals surface area contributed by atoms with Crippen molar-refractivity contribution in [3.05, 3.63) is 90.2 Å². The molecule has 0 aliphatic rings. The number of ether oxygens (including phenoxy) is 1. The van der Waals surface area contributed by atoms with Crippen LogP contribution in [0, 0.1) is 12.7 Å². The minimum Gasteiger partial charge on any atom is -0.491 e. The molecule has 6 heteroatoms. The molecule has 2 heterocycles. The van der Waals surface area contributed by atoms with Crippen LogP contribution in [-0.4, -0.2) is 21.3 Å². The summed E-state index contributed by atoms with van der Waals surface area (Å²) in [7, 11) is 0. The molecule has 0 amide bonds. The zero-order valence-corrected chi connectivity index (χ0v) is 17.0. The number of halogens is 1. The van der Waals surface area contributed by atoms with E-state index in [9.17, 15) is 4.39 Å². The molecule has 0 saturated heterocycles. The second kappa shape index (κ2) is 8.07. The smallest absolute Gasteiger partial charge is 0.167 e. The van der Waals surface area contributed by atoms with Gasteiger partial charge in [0.1, 0.15) is 23.9 Å². The maximum absolute atomic E-state index is 13.2. The number of imidazole rings is 1. The summed E-state index contributed by atoms with van der Waals surface area (Å²) in [5.41, 5.74) is 4.34. The Hall–Kier alpha value is -3.93. The number of para-hydroxylation sites is 3. The number of aryl methyl sites for hydroxylation is 1. The average Bonchev–Trinajstić information content (AvgIpc) is 3.41. The molecule has 0 radical (unpaired) electrons. The van der Waals surface area contributed by atoms with E-state index >= 15 is 0 Å². The van der Waals surface area contributed by atoms with Crippen LogP contribution >= 0.6 is 0 Å². The van der Waals surface area contributed by atoms with Crippen LogP contribution in [0.5, 0.6) is 5.75 Å². The van der Waals surface area contributed by atoms with Gasteiger partial charge in [0.2, 0.25) is 0 Å². The van der Waals surface area contributed by atoms with E-state index in [2.05, 4.69) is 9.72 Å². The second-order valence-electron chi connectivity index (χ2n) is 7.27. The molecule has 2 aromatic heterocycles. The molecule has 0 spiro atoms. The third kappa shape index (κ3) is 3.80. The van der Waals surface area contributed by atoms with E-state index in [1.807, 2.05) is 61.5 Å². The Kier molecular flexibility index (Phi) is 4.96. The zero-order chi connectivity index (χ0) is 21.2. The van der Waals surface area contributed by atoms with Crippen LogP contribution in [0.4, 0.5) is 4.39 Å². The molecular formula is C25H20FN3O2. The summed E-state index contributed by atoms with van der Waals surface area (Å²) in [5.74, 6) is 1.84. The maximum atomic E-state index is 13.2. The van der Waals surface area contributed by atoms with E-state index in [1.165, 1.54) is 12.1 Å². The van der Waals surface area contributed by atoms with Gasteiger partial charge < -0.3 is 13.8 Å². The molecule has 0 N–H and O–H groups in total. The molecule has 31 heavy (non-hydrogen) atoms. The van der Waals surface area contributed by atoms with E-state index < -0.39 is 0 Å². The first-order chi connectivity index (χ1) is 15.2. The maximum Gasteiger partial charge on any atom is 0.167 e. The Labute approximate surface area is 178 Å². The second-order valence-corrected chi connectivity index (χ2v) is 7.27. The summed E-state index contributed by atoms with van der Waals surface area (Å²) in [6, 6.07) is 23.8. The van der Waals surface area contributed by atoms with Crippen molar-refractivity contribution in [2.75, 3.05) is 6.61 Å². The van der Waals surface area contributed by atoms with Crippen molar-refractivity contribution in [1.29, 1.82) is 0 Å². The lowest BCUT2D eigenvalue weighted by Gasteiger charge is -2.11. The highest BCUT2D eigenvalue weighted by Gasteiger charge is 2.17. The molecule has 5 nitrogen and oxygen atoms in total. The Morgan fingerprint density at radius 2 is 1.74 bits per heavy atom. The molecule has 5 aromatic rings. The number of hydrogen-bond acceptors (Lipinski definition) is 4. The van der Waals surface area contributed by atoms with E-state index in [1.54, 1.807) is 12.1 Å². The van der Waals surface area contributed by atoms with Gasteiger partial charge >= 0.3 is 0 Å². The molecule has 0 fully saturated rings. The van der Waals surface area contributed by atoms with Crippen LogP contribution in [0.15, 0.2) is 83.4 Å². The van der Waals surface area contributed by atoms with Crippen LogP contribution in [0.3, 0.4) is 0 Å². The minimum absolute atomic E-state index is 0.293. The quantitative estimate of drug-likeness (QED) is 0.349. The first kappa shape index (κ1) is 19.1. The predicted molar refractivity (Wildman–Crippen MR) is 117 cm³/mol. The lowest BCUT2D eigenvalue weighted by Crippen LogP contribution is -2.10. The summed E-state index contributed by atoms with van der Waals surface area (Å²) >= 11 is 0. The summed E-state index contributed by atoms with van der Waals surface area (Å²) in [6.07, 6.45) is 0. The lowest BCUT2D eigenvalue weighted by atomic mass is 10.1. The molecular weight excluding hydrogens is 393 g/mol. The topological polar surface area (TPSA) is 53.1 Å². The fourth-order valence-electron chi connectivity index (χ4n) is 3.59. The van der Waals surface area contributed by atoms with E-state index in [4.69, 9.17) is 14.2 Å². The normalized spacial score (nSPS) is 11.2. The first-order valence-corrected chi connectivity index (χ1v) is 10.1. The summed E-state index contributed by atoms with van der Waals surface area (Å²) in [6.45, 7) is 3.11. The number of fused-ring (bicyclic) bond motifs is 1. The molecule has 5 rings (SSSR count). The van der Waals surface area contributed by atoms with Crippen molar-refractivity contribution >= 4 is 11.0 Å². The van der Waals surface area contributed by atoms with Crippen molar-refractivity contribution < 1.29 is 13.7 Å². The van der Waals surface area contributed by atoms with Gasteiger partial charge in [0, 0.05) is 11.6 Å². The van der Waals surface area contributed by atoms with Crippen LogP contribution in [0.1, 0.15) is 5.56 Å². The van der Waals surface area contributed by atoms with Gasteiger partial charge in [-0.25, -0.2) is 9.37 Å². The predicted octanol–water partition coefficient (Wildman–Crippen LogP) is 5.88. The van der Waals surface area contributed by atoms with Gasteiger partial charge in [-0.1, -0.05) is 35.5 Å². The Bertz CT molecular complexity index is 1340. The Balaban J connectivity index is 1.46. The van der Waals surface area contributed by atoms with Crippen molar-refractivity contribution in [1.82, 2.24) is 14.7 Å². The third-order valence-corrected chi connectivity index (χ3v) is 5.19. The van der Waals surface area contributed by atoms with Gasteiger partial charge in [-0.3, -0.25) is 0 Å². The highest BCUT2D eigenvalue weighted by Crippen LogP contribution is 2.28. The van der Waals surface area contributed by atoms with E-state index in [-0.39, 0.29) is 5.82 Å². The Morgan fingerprint density at radius 1 is 0.968 bits per heavy atom. The Morgan fingerprint density at radius 3 is 2.58 bits per heavy atom. The SMILES string of the molecule is Cc1ccccc1OCCn1c(-c2cc(-c3ccc(F)cc3)on2)nc2ccccc21. The number of rotatable bonds is 6. The number of nitrogens with zero attached hydrogens (tertiary/aromatic N) is 3. The largest absolute Gasteiger partial charge is 0.491 e. The van der Waals surface area contributed by atoms with E-state index in [0.717, 1.165) is 27.9 Å². The monoisotopic (exact) mass is 413 g/mol. The first-order valence-electron chi connectivity index (χ1n) is 10.1. The molecule has 0 aliphatic heterocycles. The van der Waals surface area contributed by atoms with Crippen molar-refractivity contribution in [3.63, 3.8) is 0 Å². The molecule has 0 saturated carbocycles. The lowest BCUT2D eigenvalue weighted by molar-refractivity contribution is 0.299. The average molecular weight is 413 g/mol. The molecule has 0 aliphatic carbocycles. The molecule has 0 bridgehead atoms. The number of benzene rings is 3. The fraction of sp³-hybridized carbons (Fsp3) is 0.120. The van der Waals surface area contributed by atoms with Gasteiger partial charge in [0.05, 0.1) is 17.6 Å². The van der Waals surface area contributed by atoms with Gasteiger partial charge in [-0.2, -0.15) is 0 Å². The van der Waals surface area contributed by atoms with Gasteiger partial charge in [0.25, 0.3) is 0 Å². The number of hydrogen-bond donors (Lipinski definition) is 0. The van der Waals surface area contributed by atoms with Crippen LogP contribution in [0.25, 0.3) is 33.9 Å². The van der Waals surface area contributed by atoms with Gasteiger partial charge in [0.15, 0.2) is 11.6 Å². The zero-order valence-electron chi connectivity index (χ0n) is 17.0. The van der Waals surface area contributed by atoms with Crippen LogP contribution < -0.4 is 4.74 Å². The summed E-state index contributed by atoms with van der Waals surface area (Å²) in [4.78, 5) is 4.77. The molecule has 0 atom stereocenters. The molecule has 0 unspecified atom stereocenters. The molecule has 154 valence electrons. The van der Waals surface area contributed by atoms with Crippen molar-refractivity contribution in [2.24, 2.45) is 0 Å². The summed E-state index contributed by atoms with van der Waals surface area (Å²) in [5, 5.41) is 4.23. The van der Waals surface area contributed by atoms with Crippen molar-refractivity contribution in [2.45, 2.75) is 13.5 Å². The summed E-state index contributed by atoms with van der Waals surface area (Å²) < 4.78 is 26.9. The third-order valence-electron chi connectivity index (χ3n) is 5.19. The highest BCUT2D eigenvalue weighted by molar-refractivity contribution is 5.80. The van der Waals surface area contributed by atoms with Gasteiger partial charge in [-0.05, 0) is 55.0 Å². The van der Waals surface area contributed by atoms with Crippen LogP contribution in [0.2, 0.25) is 0 Å². The van der Waals surface area contributed by atoms with E-state index in [0.29, 0.717) is 30.4 Å². The minimum atomic E-state index is -0.293. The standard InChI is InChI=1S/C25H20FN3O2/c1-17-6-2-5-9-23(17)30-15-14-29-22-8-4-3-7-20(22)27-25(29)21-16-24(31-28-21)18-10-12-19(26)13-11-18/h2-13,16H,14-15H2,1H3. The van der Waals surface area contributed by atoms with Crippen LogP contribution in [-0.2, 0) is 6.54 Å². The number of aromatic nitrogens is 3. The molecule has 3 aromatic carbocycles. The fourth-order valence-corrected chi connectivity index (χ4v) is 3.59. The van der Waals surface area contributed by atoms with Crippen molar-refractivity contribution in [3.8, 4) is 28.6 Å². The van der Waals surface area contributed by atoms with Gasteiger partial charge in [-0.15, -0.1) is 0 Å².